The number of piperidine rings is 1. The van der Waals surface area contributed by atoms with E-state index in [9.17, 15) is 4.79 Å². The maximum absolute atomic E-state index is 12.3. The Hall–Kier alpha value is -1.26. The Bertz CT molecular complexity index is 520. The summed E-state index contributed by atoms with van der Waals surface area (Å²) in [6, 6.07) is 6.54. The Morgan fingerprint density at radius 2 is 2.00 bits per heavy atom. The molecule has 0 spiro atoms. The topological polar surface area (TPSA) is 58.4 Å². The number of halogens is 1. The number of nitrogens with one attached hydrogen (secondary N) is 1. The molecule has 3 rings (SSSR count). The normalized spacial score (nSPS) is 29.4. The summed E-state index contributed by atoms with van der Waals surface area (Å²) in [4.78, 5) is 14.7. The first kappa shape index (κ1) is 13.7. The molecule has 1 unspecified atom stereocenters. The molecule has 0 aromatic heterocycles. The first-order valence-corrected chi connectivity index (χ1v) is 7.50. The number of benzene rings is 1. The molecule has 5 heteroatoms. The molecule has 3 atom stereocenters. The van der Waals surface area contributed by atoms with Crippen molar-refractivity contribution in [2.75, 3.05) is 12.8 Å². The number of carbonyl (C=O) groups excluding carboxylic acids is 1. The van der Waals surface area contributed by atoms with Crippen LogP contribution in [-0.2, 0) is 0 Å². The van der Waals surface area contributed by atoms with Crippen LogP contribution >= 0.6 is 11.6 Å². The van der Waals surface area contributed by atoms with Crippen molar-refractivity contribution in [3.63, 3.8) is 0 Å². The second-order valence-electron chi connectivity index (χ2n) is 5.93. The van der Waals surface area contributed by atoms with Crippen LogP contribution in [0.4, 0.5) is 5.69 Å². The standard InChI is InChI=1S/C15H20ClN3O/c1-19-11-3-4-12(19)8-10(7-11)18-15(20)9-2-5-14(17)13(16)6-9/h2,5-6,10-12H,3-4,7-8,17H2,1H3,(H,18,20)/t10?,11-,12+. The third-order valence-electron chi connectivity index (χ3n) is 4.70. The molecule has 4 nitrogen and oxygen atoms in total. The van der Waals surface area contributed by atoms with Gasteiger partial charge in [-0.3, -0.25) is 4.79 Å². The van der Waals surface area contributed by atoms with Gasteiger partial charge >= 0.3 is 0 Å². The lowest BCUT2D eigenvalue weighted by atomic mass is 9.97. The molecule has 0 radical (unpaired) electrons. The molecule has 2 heterocycles. The summed E-state index contributed by atoms with van der Waals surface area (Å²) in [7, 11) is 2.19. The third-order valence-corrected chi connectivity index (χ3v) is 5.02. The van der Waals surface area contributed by atoms with Gasteiger partial charge < -0.3 is 16.0 Å². The minimum absolute atomic E-state index is 0.0548. The maximum Gasteiger partial charge on any atom is 0.251 e. The number of nitrogens with two attached hydrogens (primary N) is 1. The van der Waals surface area contributed by atoms with Crippen molar-refractivity contribution >= 4 is 23.2 Å². The van der Waals surface area contributed by atoms with E-state index in [0.29, 0.717) is 28.4 Å². The molecule has 1 amide bonds. The van der Waals surface area contributed by atoms with Crippen molar-refractivity contribution in [2.45, 2.75) is 43.8 Å². The molecule has 2 fully saturated rings. The maximum atomic E-state index is 12.3. The minimum Gasteiger partial charge on any atom is -0.398 e. The Morgan fingerprint density at radius 1 is 1.35 bits per heavy atom. The van der Waals surface area contributed by atoms with Gasteiger partial charge in [-0.1, -0.05) is 11.6 Å². The highest BCUT2D eigenvalue weighted by atomic mass is 35.5. The number of nitrogens with zero attached hydrogens (tertiary/aromatic N) is 1. The van der Waals surface area contributed by atoms with Gasteiger partial charge in [-0.05, 0) is 50.9 Å². The van der Waals surface area contributed by atoms with Gasteiger partial charge in [0.2, 0.25) is 0 Å². The van der Waals surface area contributed by atoms with Gasteiger partial charge in [0.05, 0.1) is 10.7 Å². The van der Waals surface area contributed by atoms with Gasteiger partial charge in [-0.2, -0.15) is 0 Å². The highest BCUT2D eigenvalue weighted by Crippen LogP contribution is 2.34. The van der Waals surface area contributed by atoms with Crippen molar-refractivity contribution in [2.24, 2.45) is 0 Å². The Balaban J connectivity index is 1.66. The monoisotopic (exact) mass is 293 g/mol. The summed E-state index contributed by atoms with van der Waals surface area (Å²) in [6.45, 7) is 0. The van der Waals surface area contributed by atoms with Crippen LogP contribution < -0.4 is 11.1 Å². The first-order chi connectivity index (χ1) is 9.54. The van der Waals surface area contributed by atoms with E-state index < -0.39 is 0 Å². The van der Waals surface area contributed by atoms with Crippen molar-refractivity contribution in [1.29, 1.82) is 0 Å². The van der Waals surface area contributed by atoms with E-state index in [-0.39, 0.29) is 11.9 Å². The molecule has 108 valence electrons. The van der Waals surface area contributed by atoms with E-state index in [1.807, 2.05) is 0 Å². The molecular formula is C15H20ClN3O. The molecule has 0 saturated carbocycles. The van der Waals surface area contributed by atoms with E-state index in [1.54, 1.807) is 18.2 Å². The lowest BCUT2D eigenvalue weighted by Crippen LogP contribution is -2.48. The summed E-state index contributed by atoms with van der Waals surface area (Å²) in [6.07, 6.45) is 4.59. The highest BCUT2D eigenvalue weighted by Gasteiger charge is 2.38. The van der Waals surface area contributed by atoms with E-state index in [0.717, 1.165) is 12.8 Å². The average Bonchev–Trinajstić information content (AvgIpc) is 2.64. The van der Waals surface area contributed by atoms with Gasteiger partial charge in [0.15, 0.2) is 0 Å². The molecule has 2 bridgehead atoms. The first-order valence-electron chi connectivity index (χ1n) is 7.12. The summed E-state index contributed by atoms with van der Waals surface area (Å²) >= 11 is 5.96. The zero-order valence-electron chi connectivity index (χ0n) is 11.6. The number of anilines is 1. The average molecular weight is 294 g/mol. The van der Waals surface area contributed by atoms with Crippen LogP contribution in [0.15, 0.2) is 18.2 Å². The van der Waals surface area contributed by atoms with Crippen LogP contribution in [-0.4, -0.2) is 36.0 Å². The molecule has 2 saturated heterocycles. The molecule has 3 N–H and O–H groups in total. The smallest absolute Gasteiger partial charge is 0.251 e. The van der Waals surface area contributed by atoms with Gasteiger partial charge in [0.1, 0.15) is 0 Å². The third kappa shape index (κ3) is 2.50. The van der Waals surface area contributed by atoms with E-state index in [4.69, 9.17) is 17.3 Å². The molecule has 2 aliphatic rings. The van der Waals surface area contributed by atoms with Crippen LogP contribution in [0.3, 0.4) is 0 Å². The predicted octanol–water partition coefficient (Wildman–Crippen LogP) is 2.28. The molecule has 1 aromatic carbocycles. The van der Waals surface area contributed by atoms with E-state index in [2.05, 4.69) is 17.3 Å². The van der Waals surface area contributed by atoms with Gasteiger partial charge in [0, 0.05) is 23.7 Å². The summed E-state index contributed by atoms with van der Waals surface area (Å²) in [5, 5.41) is 3.57. The number of hydrogen-bond acceptors (Lipinski definition) is 3. The zero-order valence-corrected chi connectivity index (χ0v) is 12.4. The zero-order chi connectivity index (χ0) is 14.3. The number of amides is 1. The molecule has 0 aliphatic carbocycles. The fraction of sp³-hybridized carbons (Fsp3) is 0.533. The lowest BCUT2D eigenvalue weighted by Gasteiger charge is -2.36. The fourth-order valence-electron chi connectivity index (χ4n) is 3.47. The number of rotatable bonds is 2. The van der Waals surface area contributed by atoms with Crippen LogP contribution in [0.1, 0.15) is 36.0 Å². The molecule has 1 aromatic rings. The predicted molar refractivity (Wildman–Crippen MR) is 80.9 cm³/mol. The Morgan fingerprint density at radius 3 is 2.60 bits per heavy atom. The van der Waals surface area contributed by atoms with Gasteiger partial charge in [-0.25, -0.2) is 0 Å². The summed E-state index contributed by atoms with van der Waals surface area (Å²) < 4.78 is 0. The molecular weight excluding hydrogens is 274 g/mol. The van der Waals surface area contributed by atoms with E-state index >= 15 is 0 Å². The van der Waals surface area contributed by atoms with Crippen molar-refractivity contribution in [1.82, 2.24) is 10.2 Å². The van der Waals surface area contributed by atoms with Crippen LogP contribution in [0.5, 0.6) is 0 Å². The minimum atomic E-state index is -0.0548. The van der Waals surface area contributed by atoms with Crippen LogP contribution in [0.2, 0.25) is 5.02 Å². The number of nitrogen functional groups attached to an aromatic ring is 1. The van der Waals surface area contributed by atoms with Gasteiger partial charge in [0.25, 0.3) is 5.91 Å². The largest absolute Gasteiger partial charge is 0.398 e. The lowest BCUT2D eigenvalue weighted by molar-refractivity contribution is 0.0882. The summed E-state index contributed by atoms with van der Waals surface area (Å²) in [5.41, 5.74) is 6.74. The molecule has 20 heavy (non-hydrogen) atoms. The van der Waals surface area contributed by atoms with Crippen LogP contribution in [0.25, 0.3) is 0 Å². The van der Waals surface area contributed by atoms with Crippen LogP contribution in [0, 0.1) is 0 Å². The quantitative estimate of drug-likeness (QED) is 0.823. The Kier molecular flexibility index (Phi) is 3.61. The summed E-state index contributed by atoms with van der Waals surface area (Å²) in [5.74, 6) is -0.0548. The Labute approximate surface area is 124 Å². The number of carbonyl (C=O) groups is 1. The van der Waals surface area contributed by atoms with Crippen molar-refractivity contribution in [3.05, 3.63) is 28.8 Å². The van der Waals surface area contributed by atoms with Crippen molar-refractivity contribution < 1.29 is 4.79 Å². The van der Waals surface area contributed by atoms with Crippen molar-refractivity contribution in [3.8, 4) is 0 Å². The number of hydrogen-bond donors (Lipinski definition) is 2. The molecule has 2 aliphatic heterocycles. The SMILES string of the molecule is CN1[C@@H]2CC[C@H]1CC(NC(=O)c1ccc(N)c(Cl)c1)C2. The second-order valence-corrected chi connectivity index (χ2v) is 6.34. The highest BCUT2D eigenvalue weighted by molar-refractivity contribution is 6.33. The second kappa shape index (κ2) is 5.26. The fourth-order valence-corrected chi connectivity index (χ4v) is 3.65. The van der Waals surface area contributed by atoms with E-state index in [1.165, 1.54) is 12.8 Å². The number of fused-ring (bicyclic) bond motifs is 2. The van der Waals surface area contributed by atoms with Gasteiger partial charge in [-0.15, -0.1) is 0 Å².